The van der Waals surface area contributed by atoms with Crippen LogP contribution in [0, 0.1) is 5.92 Å². The molecule has 1 aromatic carbocycles. The molecule has 1 atom stereocenters. The molecule has 0 aromatic heterocycles. The fourth-order valence-electron chi connectivity index (χ4n) is 3.12. The van der Waals surface area contributed by atoms with Crippen LogP contribution in [0.4, 0.5) is 0 Å². The molecular formula is C19H26N2O5. The van der Waals surface area contributed by atoms with Crippen LogP contribution < -0.4 is 4.74 Å². The molecule has 0 radical (unpaired) electrons. The first-order valence-electron chi connectivity index (χ1n) is 8.73. The Morgan fingerprint density at radius 2 is 1.81 bits per heavy atom. The van der Waals surface area contributed by atoms with Gasteiger partial charge in [-0.1, -0.05) is 12.1 Å². The van der Waals surface area contributed by atoms with Crippen molar-refractivity contribution in [3.05, 3.63) is 29.8 Å². The zero-order valence-electron chi connectivity index (χ0n) is 15.5. The average Bonchev–Trinajstić information content (AvgIpc) is 2.66. The van der Waals surface area contributed by atoms with Gasteiger partial charge in [-0.2, -0.15) is 0 Å². The van der Waals surface area contributed by atoms with Crippen molar-refractivity contribution < 1.29 is 24.2 Å². The number of likely N-dealkylation sites (N-methyl/N-ethyl adjacent to an activating group) is 1. The van der Waals surface area contributed by atoms with E-state index in [2.05, 4.69) is 0 Å². The molecule has 1 heterocycles. The summed E-state index contributed by atoms with van der Waals surface area (Å²) in [6.07, 6.45) is 0.919. The monoisotopic (exact) mass is 362 g/mol. The van der Waals surface area contributed by atoms with E-state index in [4.69, 9.17) is 9.84 Å². The average molecular weight is 362 g/mol. The van der Waals surface area contributed by atoms with Gasteiger partial charge in [0.1, 0.15) is 5.75 Å². The van der Waals surface area contributed by atoms with Crippen molar-refractivity contribution in [2.45, 2.75) is 25.7 Å². The summed E-state index contributed by atoms with van der Waals surface area (Å²) >= 11 is 0. The minimum atomic E-state index is -0.808. The van der Waals surface area contributed by atoms with E-state index >= 15 is 0 Å². The third-order valence-corrected chi connectivity index (χ3v) is 4.93. The van der Waals surface area contributed by atoms with E-state index in [0.717, 1.165) is 11.3 Å². The molecule has 142 valence electrons. The van der Waals surface area contributed by atoms with Gasteiger partial charge in [-0.25, -0.2) is 0 Å². The molecule has 1 saturated heterocycles. The Bertz CT molecular complexity index is 650. The van der Waals surface area contributed by atoms with Gasteiger partial charge in [0.05, 0.1) is 25.5 Å². The Kier molecular flexibility index (Phi) is 6.60. The van der Waals surface area contributed by atoms with Crippen molar-refractivity contribution in [1.29, 1.82) is 0 Å². The predicted octanol–water partition coefficient (Wildman–Crippen LogP) is 1.58. The van der Waals surface area contributed by atoms with Crippen molar-refractivity contribution in [3.63, 3.8) is 0 Å². The molecule has 1 aliphatic rings. The Hall–Kier alpha value is -2.57. The lowest BCUT2D eigenvalue weighted by Crippen LogP contribution is -2.46. The summed E-state index contributed by atoms with van der Waals surface area (Å²) in [7, 11) is 3.20. The number of carbonyl (C=O) groups is 3. The fourth-order valence-corrected chi connectivity index (χ4v) is 3.12. The second-order valence-corrected chi connectivity index (χ2v) is 6.68. The van der Waals surface area contributed by atoms with Crippen molar-refractivity contribution in [2.75, 3.05) is 33.8 Å². The highest BCUT2D eigenvalue weighted by molar-refractivity contribution is 5.88. The molecule has 0 bridgehead atoms. The van der Waals surface area contributed by atoms with Crippen LogP contribution in [0.25, 0.3) is 0 Å². The van der Waals surface area contributed by atoms with E-state index in [1.165, 1.54) is 4.90 Å². The van der Waals surface area contributed by atoms with Crippen LogP contribution in [0.15, 0.2) is 24.3 Å². The molecule has 7 heteroatoms. The largest absolute Gasteiger partial charge is 0.497 e. The van der Waals surface area contributed by atoms with E-state index in [9.17, 15) is 14.4 Å². The third-order valence-electron chi connectivity index (χ3n) is 4.93. The number of benzene rings is 1. The lowest BCUT2D eigenvalue weighted by atomic mass is 9.97. The summed E-state index contributed by atoms with van der Waals surface area (Å²) in [5.41, 5.74) is 0.859. The number of ether oxygens (including phenoxy) is 1. The quantitative estimate of drug-likeness (QED) is 0.830. The van der Waals surface area contributed by atoms with Gasteiger partial charge in [0.25, 0.3) is 0 Å². The summed E-state index contributed by atoms with van der Waals surface area (Å²) in [4.78, 5) is 39.1. The Balaban J connectivity index is 1.89. The molecule has 1 aliphatic heterocycles. The van der Waals surface area contributed by atoms with Crippen molar-refractivity contribution in [1.82, 2.24) is 9.80 Å². The summed E-state index contributed by atoms with van der Waals surface area (Å²) in [5.74, 6) is -1.11. The highest BCUT2D eigenvalue weighted by Crippen LogP contribution is 2.21. The second kappa shape index (κ2) is 8.69. The van der Waals surface area contributed by atoms with Gasteiger partial charge < -0.3 is 19.6 Å². The second-order valence-electron chi connectivity index (χ2n) is 6.68. The first-order chi connectivity index (χ1) is 12.3. The number of rotatable bonds is 6. The number of piperidine rings is 1. The number of nitrogens with zero attached hydrogens (tertiary/aromatic N) is 2. The number of aliphatic carboxylic acids is 1. The molecule has 7 nitrogen and oxygen atoms in total. The lowest BCUT2D eigenvalue weighted by molar-refractivity contribution is -0.146. The maximum absolute atomic E-state index is 12.6. The number of likely N-dealkylation sites (tertiary alicyclic amines) is 1. The number of carboxylic acid groups (broad SMARTS) is 1. The first kappa shape index (κ1) is 19.8. The van der Waals surface area contributed by atoms with E-state index in [1.54, 1.807) is 31.2 Å². The van der Waals surface area contributed by atoms with Gasteiger partial charge in [-0.15, -0.1) is 0 Å². The van der Waals surface area contributed by atoms with Crippen LogP contribution in [0.1, 0.15) is 31.2 Å². The molecule has 1 N–H and O–H groups in total. The summed E-state index contributed by atoms with van der Waals surface area (Å²) in [6, 6.07) is 7.29. The van der Waals surface area contributed by atoms with Gasteiger partial charge in [-0.3, -0.25) is 14.4 Å². The van der Waals surface area contributed by atoms with E-state index in [0.29, 0.717) is 25.9 Å². The topological polar surface area (TPSA) is 87.2 Å². The smallest absolute Gasteiger partial charge is 0.306 e. The van der Waals surface area contributed by atoms with Crippen LogP contribution in [-0.4, -0.2) is 66.5 Å². The van der Waals surface area contributed by atoms with Gasteiger partial charge in [0.15, 0.2) is 0 Å². The van der Waals surface area contributed by atoms with Gasteiger partial charge >= 0.3 is 5.97 Å². The highest BCUT2D eigenvalue weighted by atomic mass is 16.5. The number of hydrogen-bond donors (Lipinski definition) is 1. The highest BCUT2D eigenvalue weighted by Gasteiger charge is 2.28. The molecule has 2 amide bonds. The number of hydrogen-bond acceptors (Lipinski definition) is 4. The normalized spacial score (nSPS) is 16.0. The van der Waals surface area contributed by atoms with Crippen molar-refractivity contribution in [2.24, 2.45) is 5.92 Å². The first-order valence-corrected chi connectivity index (χ1v) is 8.73. The Morgan fingerprint density at radius 3 is 2.31 bits per heavy atom. The van der Waals surface area contributed by atoms with Crippen LogP contribution in [-0.2, 0) is 14.4 Å². The Labute approximate surface area is 153 Å². The molecule has 1 fully saturated rings. The summed E-state index contributed by atoms with van der Waals surface area (Å²) < 4.78 is 5.12. The summed E-state index contributed by atoms with van der Waals surface area (Å²) in [5, 5.41) is 9.02. The van der Waals surface area contributed by atoms with Crippen LogP contribution in [0.2, 0.25) is 0 Å². The molecule has 26 heavy (non-hydrogen) atoms. The minimum absolute atomic E-state index is 0.00291. The van der Waals surface area contributed by atoms with Crippen molar-refractivity contribution in [3.8, 4) is 5.75 Å². The van der Waals surface area contributed by atoms with Gasteiger partial charge in [-0.05, 0) is 37.5 Å². The van der Waals surface area contributed by atoms with E-state index < -0.39 is 5.97 Å². The molecule has 0 aliphatic carbocycles. The minimum Gasteiger partial charge on any atom is -0.497 e. The zero-order valence-corrected chi connectivity index (χ0v) is 15.5. The molecule has 0 saturated carbocycles. The van der Waals surface area contributed by atoms with Crippen LogP contribution >= 0.6 is 0 Å². The number of methoxy groups -OCH3 is 1. The molecule has 1 unspecified atom stereocenters. The van der Waals surface area contributed by atoms with E-state index in [1.807, 2.05) is 19.1 Å². The lowest BCUT2D eigenvalue weighted by Gasteiger charge is -2.32. The standard InChI is InChI=1S/C19H26N2O5/c1-13(14-4-6-16(26-3)7-5-14)18(23)20(2)12-17(22)21-10-8-15(9-11-21)19(24)25/h4-7,13,15H,8-12H2,1-3H3,(H,24,25). The fraction of sp³-hybridized carbons (Fsp3) is 0.526. The third kappa shape index (κ3) is 4.74. The molecular weight excluding hydrogens is 336 g/mol. The van der Waals surface area contributed by atoms with Crippen LogP contribution in [0.5, 0.6) is 5.75 Å². The van der Waals surface area contributed by atoms with Gasteiger partial charge in [0.2, 0.25) is 11.8 Å². The SMILES string of the molecule is COc1ccc(C(C)C(=O)N(C)CC(=O)N2CCC(C(=O)O)CC2)cc1. The Morgan fingerprint density at radius 1 is 1.23 bits per heavy atom. The van der Waals surface area contributed by atoms with Crippen LogP contribution in [0.3, 0.4) is 0 Å². The number of carbonyl (C=O) groups excluding carboxylic acids is 2. The zero-order chi connectivity index (χ0) is 19.3. The van der Waals surface area contributed by atoms with Crippen molar-refractivity contribution >= 4 is 17.8 Å². The number of carboxylic acids is 1. The number of amides is 2. The molecule has 2 rings (SSSR count). The summed E-state index contributed by atoms with van der Waals surface area (Å²) in [6.45, 7) is 2.65. The molecule has 0 spiro atoms. The maximum Gasteiger partial charge on any atom is 0.306 e. The van der Waals surface area contributed by atoms with E-state index in [-0.39, 0.29) is 30.2 Å². The predicted molar refractivity (Wildman–Crippen MR) is 96.0 cm³/mol. The maximum atomic E-state index is 12.6. The molecule has 1 aromatic rings. The van der Waals surface area contributed by atoms with Gasteiger partial charge in [0, 0.05) is 20.1 Å².